The number of anilines is 1. The molecule has 5 nitrogen and oxygen atoms in total. The van der Waals surface area contributed by atoms with Gasteiger partial charge in [0, 0.05) is 25.1 Å². The largest absolute Gasteiger partial charge is 0.456 e. The summed E-state index contributed by atoms with van der Waals surface area (Å²) < 4.78 is 8.05. The smallest absolute Gasteiger partial charge is 0.355 e. The first kappa shape index (κ1) is 25.5. The van der Waals surface area contributed by atoms with Crippen molar-refractivity contribution in [3.63, 3.8) is 0 Å². The third-order valence-corrected chi connectivity index (χ3v) is 7.94. The molecule has 0 saturated carbocycles. The average molecular weight is 548 g/mol. The lowest BCUT2D eigenvalue weighted by molar-refractivity contribution is 0.0457. The second-order valence-corrected chi connectivity index (χ2v) is 10.4. The molecule has 4 aromatic carbocycles. The lowest BCUT2D eigenvalue weighted by Crippen LogP contribution is -2.37. The van der Waals surface area contributed by atoms with Gasteiger partial charge < -0.3 is 14.6 Å². The summed E-state index contributed by atoms with van der Waals surface area (Å²) >= 11 is 0. The van der Waals surface area contributed by atoms with Gasteiger partial charge in [-0.3, -0.25) is 4.98 Å². The Morgan fingerprint density at radius 1 is 0.738 bits per heavy atom. The normalized spacial score (nSPS) is 12.8. The molecule has 0 atom stereocenters. The zero-order chi connectivity index (χ0) is 28.4. The quantitative estimate of drug-likeness (QED) is 0.198. The van der Waals surface area contributed by atoms with Gasteiger partial charge in [-0.1, -0.05) is 115 Å². The summed E-state index contributed by atoms with van der Waals surface area (Å²) in [6, 6.07) is 43.0. The second kappa shape index (κ2) is 10.9. The van der Waals surface area contributed by atoms with Crippen LogP contribution in [-0.2, 0) is 23.4 Å². The van der Waals surface area contributed by atoms with Gasteiger partial charge >= 0.3 is 5.97 Å². The predicted octanol–water partition coefficient (Wildman–Crippen LogP) is 7.67. The molecule has 2 aromatic heterocycles. The molecule has 0 unspecified atom stereocenters. The Bertz CT molecular complexity index is 1800. The van der Waals surface area contributed by atoms with Gasteiger partial charge in [0.25, 0.3) is 0 Å². The molecule has 0 aliphatic heterocycles. The van der Waals surface area contributed by atoms with E-state index >= 15 is 0 Å². The molecule has 6 aromatic rings. The molecule has 1 N–H and O–H groups in total. The van der Waals surface area contributed by atoms with E-state index < -0.39 is 5.54 Å². The van der Waals surface area contributed by atoms with Crippen molar-refractivity contribution in [2.75, 3.05) is 5.32 Å². The molecule has 0 fully saturated rings. The Hall–Kier alpha value is -5.42. The number of nitrogens with one attached hydrogen (secondary N) is 1. The Kier molecular flexibility index (Phi) is 6.61. The predicted molar refractivity (Wildman–Crippen MR) is 165 cm³/mol. The lowest BCUT2D eigenvalue weighted by Gasteiger charge is -2.36. The molecular weight excluding hydrogens is 518 g/mol. The Morgan fingerprint density at radius 2 is 1.36 bits per heavy atom. The molecule has 0 bridgehead atoms. The van der Waals surface area contributed by atoms with Crippen molar-refractivity contribution >= 4 is 11.7 Å². The zero-order valence-electron chi connectivity index (χ0n) is 23.0. The van der Waals surface area contributed by atoms with Crippen molar-refractivity contribution in [2.24, 2.45) is 0 Å². The standard InChI is InChI=1S/C37H29N3O2/c41-36(42-26-27-12-3-1-4-13-27)35-22-30(39-24-28-14-11-21-38-23-28)25-40(35)37(29-15-5-2-6-16-29)33-19-9-7-17-31(33)32-18-8-10-20-34(32)37/h1-23,25,39H,24,26H2. The fourth-order valence-electron chi connectivity index (χ4n) is 6.10. The molecule has 2 heterocycles. The van der Waals surface area contributed by atoms with Crippen LogP contribution < -0.4 is 5.32 Å². The Balaban J connectivity index is 1.41. The van der Waals surface area contributed by atoms with Crippen molar-refractivity contribution in [2.45, 2.75) is 18.7 Å². The van der Waals surface area contributed by atoms with Crippen LogP contribution in [0.4, 0.5) is 5.69 Å². The van der Waals surface area contributed by atoms with Crippen LogP contribution in [-0.4, -0.2) is 15.5 Å². The highest BCUT2D eigenvalue weighted by Crippen LogP contribution is 2.54. The van der Waals surface area contributed by atoms with Crippen LogP contribution in [0.5, 0.6) is 0 Å². The summed E-state index contributed by atoms with van der Waals surface area (Å²) in [5.74, 6) is -0.384. The van der Waals surface area contributed by atoms with Crippen molar-refractivity contribution in [1.29, 1.82) is 0 Å². The first-order valence-corrected chi connectivity index (χ1v) is 14.1. The minimum absolute atomic E-state index is 0.189. The summed E-state index contributed by atoms with van der Waals surface area (Å²) in [4.78, 5) is 18.2. The van der Waals surface area contributed by atoms with Crippen molar-refractivity contribution < 1.29 is 9.53 Å². The third-order valence-electron chi connectivity index (χ3n) is 7.94. The first-order chi connectivity index (χ1) is 20.7. The van der Waals surface area contributed by atoms with Crippen LogP contribution in [0.1, 0.15) is 38.3 Å². The SMILES string of the molecule is O=C(OCc1ccccc1)c1cc(NCc2cccnc2)cn1C1(c2ccccc2)c2ccccc2-c2ccccc21. The highest BCUT2D eigenvalue weighted by molar-refractivity contribution is 5.91. The molecule has 0 saturated heterocycles. The molecular formula is C37H29N3O2. The van der Waals surface area contributed by atoms with E-state index in [2.05, 4.69) is 87.7 Å². The van der Waals surface area contributed by atoms with E-state index in [-0.39, 0.29) is 12.6 Å². The maximum atomic E-state index is 14.0. The molecule has 0 radical (unpaired) electrons. The summed E-state index contributed by atoms with van der Waals surface area (Å²) in [5.41, 5.74) is 8.09. The number of carbonyl (C=O) groups excluding carboxylic acids is 1. The van der Waals surface area contributed by atoms with Crippen LogP contribution in [0.15, 0.2) is 146 Å². The third kappa shape index (κ3) is 4.36. The molecule has 7 rings (SSSR count). The molecule has 0 spiro atoms. The summed E-state index contributed by atoms with van der Waals surface area (Å²) in [6.07, 6.45) is 5.65. The molecule has 1 aliphatic carbocycles. The van der Waals surface area contributed by atoms with E-state index in [9.17, 15) is 4.79 Å². The van der Waals surface area contributed by atoms with Gasteiger partial charge in [-0.15, -0.1) is 0 Å². The number of ether oxygens (including phenoxy) is 1. The molecule has 5 heteroatoms. The van der Waals surface area contributed by atoms with Crippen molar-refractivity contribution in [1.82, 2.24) is 9.55 Å². The monoisotopic (exact) mass is 547 g/mol. The fourth-order valence-corrected chi connectivity index (χ4v) is 6.10. The number of aromatic nitrogens is 2. The zero-order valence-corrected chi connectivity index (χ0v) is 23.0. The van der Waals surface area contributed by atoms with E-state index in [0.29, 0.717) is 12.2 Å². The molecule has 204 valence electrons. The van der Waals surface area contributed by atoms with Gasteiger partial charge in [0.2, 0.25) is 0 Å². The van der Waals surface area contributed by atoms with Crippen molar-refractivity contribution in [3.05, 3.63) is 179 Å². The van der Waals surface area contributed by atoms with Gasteiger partial charge in [-0.2, -0.15) is 0 Å². The summed E-state index contributed by atoms with van der Waals surface area (Å²) in [5, 5.41) is 3.52. The Labute approximate surface area is 245 Å². The topological polar surface area (TPSA) is 56.1 Å². The number of hydrogen-bond donors (Lipinski definition) is 1. The van der Waals surface area contributed by atoms with Gasteiger partial charge in [0.15, 0.2) is 0 Å². The fraction of sp³-hybridized carbons (Fsp3) is 0.0811. The van der Waals surface area contributed by atoms with E-state index in [4.69, 9.17) is 4.74 Å². The molecule has 1 aliphatic rings. The molecule has 42 heavy (non-hydrogen) atoms. The van der Waals surface area contributed by atoms with E-state index in [0.717, 1.165) is 44.6 Å². The van der Waals surface area contributed by atoms with Crippen LogP contribution in [0, 0.1) is 0 Å². The van der Waals surface area contributed by atoms with Crippen LogP contribution >= 0.6 is 0 Å². The van der Waals surface area contributed by atoms with Crippen molar-refractivity contribution in [3.8, 4) is 11.1 Å². The van der Waals surface area contributed by atoms with Crippen LogP contribution in [0.3, 0.4) is 0 Å². The van der Waals surface area contributed by atoms with E-state index in [1.165, 1.54) is 0 Å². The number of nitrogens with zero attached hydrogens (tertiary/aromatic N) is 2. The maximum Gasteiger partial charge on any atom is 0.355 e. The second-order valence-electron chi connectivity index (χ2n) is 10.4. The number of pyridine rings is 1. The summed E-state index contributed by atoms with van der Waals surface area (Å²) in [6.45, 7) is 0.761. The minimum atomic E-state index is -0.788. The maximum absolute atomic E-state index is 14.0. The number of benzene rings is 4. The molecule has 0 amide bonds. The number of carbonyl (C=O) groups is 1. The van der Waals surface area contributed by atoms with Gasteiger partial charge in [0.1, 0.15) is 17.8 Å². The number of esters is 1. The first-order valence-electron chi connectivity index (χ1n) is 14.1. The van der Waals surface area contributed by atoms with E-state index in [1.54, 1.807) is 6.20 Å². The lowest BCUT2D eigenvalue weighted by atomic mass is 9.80. The minimum Gasteiger partial charge on any atom is -0.456 e. The van der Waals surface area contributed by atoms with Gasteiger partial charge in [0.05, 0.1) is 5.69 Å². The van der Waals surface area contributed by atoms with E-state index in [1.807, 2.05) is 67.0 Å². The van der Waals surface area contributed by atoms with Gasteiger partial charge in [-0.05, 0) is 51.1 Å². The van der Waals surface area contributed by atoms with Gasteiger partial charge in [-0.25, -0.2) is 4.79 Å². The van der Waals surface area contributed by atoms with Crippen LogP contribution in [0.25, 0.3) is 11.1 Å². The number of fused-ring (bicyclic) bond motifs is 3. The highest BCUT2D eigenvalue weighted by atomic mass is 16.5. The number of rotatable bonds is 8. The summed E-state index contributed by atoms with van der Waals surface area (Å²) in [7, 11) is 0. The van der Waals surface area contributed by atoms with Crippen LogP contribution in [0.2, 0.25) is 0 Å². The number of hydrogen-bond acceptors (Lipinski definition) is 4. The Morgan fingerprint density at radius 3 is 2.02 bits per heavy atom. The average Bonchev–Trinajstić information content (AvgIpc) is 3.62. The highest BCUT2D eigenvalue weighted by Gasteiger charge is 2.47.